The van der Waals surface area contributed by atoms with Gasteiger partial charge in [-0.2, -0.15) is 0 Å². The first-order valence-electron chi connectivity index (χ1n) is 6.59. The molecule has 0 atom stereocenters. The Morgan fingerprint density at radius 3 is 2.83 bits per heavy atom. The molecule has 1 N–H and O–H groups in total. The molecule has 2 rings (SSSR count). The van der Waals surface area contributed by atoms with Gasteiger partial charge in [-0.25, -0.2) is 0 Å². The molecule has 1 aromatic carbocycles. The molecule has 0 aliphatic heterocycles. The van der Waals surface area contributed by atoms with Crippen molar-refractivity contribution in [3.63, 3.8) is 0 Å². The van der Waals surface area contributed by atoms with E-state index in [1.165, 1.54) is 16.5 Å². The van der Waals surface area contributed by atoms with Gasteiger partial charge in [-0.3, -0.25) is 0 Å². The van der Waals surface area contributed by atoms with Crippen molar-refractivity contribution in [2.24, 2.45) is 0 Å². The number of rotatable bonds is 6. The van der Waals surface area contributed by atoms with E-state index in [0.717, 1.165) is 13.2 Å². The van der Waals surface area contributed by atoms with E-state index < -0.39 is 0 Å². The molecule has 0 aliphatic rings. The van der Waals surface area contributed by atoms with Gasteiger partial charge in [0.05, 0.1) is 5.52 Å². The molecule has 0 fully saturated rings. The maximum atomic E-state index is 5.47. The third kappa shape index (κ3) is 3.12. The van der Waals surface area contributed by atoms with Gasteiger partial charge >= 0.3 is 0 Å². The minimum Gasteiger partial charge on any atom is -0.361 e. The maximum absolute atomic E-state index is 5.47. The third-order valence-electron chi connectivity index (χ3n) is 2.99. The summed E-state index contributed by atoms with van der Waals surface area (Å²) in [6.07, 6.45) is 2.08. The van der Waals surface area contributed by atoms with Gasteiger partial charge in [-0.05, 0) is 30.0 Å². The van der Waals surface area contributed by atoms with Gasteiger partial charge in [0.25, 0.3) is 0 Å². The molecular formula is C15H22N2O. The molecule has 3 heteroatoms. The zero-order chi connectivity index (χ0) is 13.0. The largest absolute Gasteiger partial charge is 0.361 e. The summed E-state index contributed by atoms with van der Waals surface area (Å²) in [6.45, 7) is 8.62. The molecule has 1 aromatic heterocycles. The van der Waals surface area contributed by atoms with E-state index in [9.17, 15) is 0 Å². The van der Waals surface area contributed by atoms with Crippen molar-refractivity contribution in [2.45, 2.75) is 40.1 Å². The van der Waals surface area contributed by atoms with Crippen LogP contribution in [0.5, 0.6) is 0 Å². The minimum atomic E-state index is 0.510. The number of nitrogens with zero attached hydrogens (tertiary/aromatic N) is 1. The predicted molar refractivity (Wildman–Crippen MR) is 75.5 cm³/mol. The van der Waals surface area contributed by atoms with Crippen LogP contribution in [0.4, 0.5) is 0 Å². The average molecular weight is 246 g/mol. The highest BCUT2D eigenvalue weighted by Crippen LogP contribution is 2.18. The van der Waals surface area contributed by atoms with E-state index in [-0.39, 0.29) is 0 Å². The second kappa shape index (κ2) is 6.03. The molecule has 0 unspecified atom stereocenters. The normalized spacial score (nSPS) is 11.6. The predicted octanol–water partition coefficient (Wildman–Crippen LogP) is 3.13. The Bertz CT molecular complexity index is 502. The summed E-state index contributed by atoms with van der Waals surface area (Å²) in [4.78, 5) is 0. The number of aromatic nitrogens is 1. The number of hydrogen-bond acceptors (Lipinski definition) is 2. The smallest absolute Gasteiger partial charge is 0.122 e. The fourth-order valence-corrected chi connectivity index (χ4v) is 1.96. The molecule has 0 bridgehead atoms. The molecule has 0 radical (unpaired) electrons. The van der Waals surface area contributed by atoms with Gasteiger partial charge in [0.15, 0.2) is 0 Å². The lowest BCUT2D eigenvalue weighted by Crippen LogP contribution is -2.21. The number of hydrogen-bond donors (Lipinski definition) is 1. The van der Waals surface area contributed by atoms with Crippen LogP contribution >= 0.6 is 0 Å². The Morgan fingerprint density at radius 2 is 2.11 bits per heavy atom. The summed E-state index contributed by atoms with van der Waals surface area (Å²) in [5, 5.41) is 4.71. The topological polar surface area (TPSA) is 26.2 Å². The van der Waals surface area contributed by atoms with Crippen molar-refractivity contribution in [1.29, 1.82) is 0 Å². The van der Waals surface area contributed by atoms with Gasteiger partial charge in [-0.15, -0.1) is 0 Å². The van der Waals surface area contributed by atoms with Crippen molar-refractivity contribution < 1.29 is 4.74 Å². The molecule has 98 valence electrons. The van der Waals surface area contributed by atoms with Crippen molar-refractivity contribution >= 4 is 10.9 Å². The van der Waals surface area contributed by atoms with Crippen LogP contribution in [-0.4, -0.2) is 17.2 Å². The van der Waals surface area contributed by atoms with Crippen LogP contribution in [-0.2, 0) is 18.0 Å². The fraction of sp³-hybridized carbons (Fsp3) is 0.467. The second-order valence-corrected chi connectivity index (χ2v) is 4.84. The molecular weight excluding hydrogens is 224 g/mol. The molecule has 0 aliphatic carbocycles. The molecule has 18 heavy (non-hydrogen) atoms. The Hall–Kier alpha value is -1.32. The summed E-state index contributed by atoms with van der Waals surface area (Å²) < 4.78 is 7.62. The Labute approximate surface area is 109 Å². The van der Waals surface area contributed by atoms with Crippen LogP contribution in [0.15, 0.2) is 30.5 Å². The van der Waals surface area contributed by atoms with Crippen molar-refractivity contribution in [3.8, 4) is 0 Å². The van der Waals surface area contributed by atoms with Crippen LogP contribution < -0.4 is 5.32 Å². The first kappa shape index (κ1) is 13.1. The molecule has 0 saturated heterocycles. The minimum absolute atomic E-state index is 0.510. The van der Waals surface area contributed by atoms with Crippen LogP contribution in [0.3, 0.4) is 0 Å². The molecule has 0 spiro atoms. The summed E-state index contributed by atoms with van der Waals surface area (Å²) >= 11 is 0. The molecule has 0 amide bonds. The molecule has 0 saturated carbocycles. The number of ether oxygens (including phenoxy) is 1. The molecule has 2 aromatic rings. The van der Waals surface area contributed by atoms with Crippen molar-refractivity contribution in [3.05, 3.63) is 36.0 Å². The van der Waals surface area contributed by atoms with E-state index in [4.69, 9.17) is 4.74 Å². The fourth-order valence-electron chi connectivity index (χ4n) is 1.96. The Kier molecular flexibility index (Phi) is 4.39. The lowest BCUT2D eigenvalue weighted by Gasteiger charge is -2.09. The maximum Gasteiger partial charge on any atom is 0.122 e. The van der Waals surface area contributed by atoms with E-state index in [2.05, 4.69) is 54.2 Å². The highest BCUT2D eigenvalue weighted by Gasteiger charge is 2.03. The van der Waals surface area contributed by atoms with E-state index in [0.29, 0.717) is 12.8 Å². The van der Waals surface area contributed by atoms with E-state index >= 15 is 0 Å². The molecule has 3 nitrogen and oxygen atoms in total. The first-order chi connectivity index (χ1) is 8.70. The zero-order valence-corrected chi connectivity index (χ0v) is 11.4. The van der Waals surface area contributed by atoms with Crippen LogP contribution in [0.1, 0.15) is 26.3 Å². The first-order valence-corrected chi connectivity index (χ1v) is 6.59. The van der Waals surface area contributed by atoms with Gasteiger partial charge < -0.3 is 14.6 Å². The Balaban J connectivity index is 2.19. The molecule has 1 heterocycles. The number of benzene rings is 1. The summed E-state index contributed by atoms with van der Waals surface area (Å²) in [5.74, 6) is 0. The lowest BCUT2D eigenvalue weighted by atomic mass is 10.1. The lowest BCUT2D eigenvalue weighted by molar-refractivity contribution is 0.0909. The van der Waals surface area contributed by atoms with Crippen LogP contribution in [0.2, 0.25) is 0 Å². The van der Waals surface area contributed by atoms with E-state index in [1.807, 2.05) is 6.92 Å². The van der Waals surface area contributed by atoms with Crippen LogP contribution in [0, 0.1) is 0 Å². The van der Waals surface area contributed by atoms with Gasteiger partial charge in [0, 0.05) is 25.4 Å². The number of fused-ring (bicyclic) bond motifs is 1. The van der Waals surface area contributed by atoms with Crippen LogP contribution in [0.25, 0.3) is 10.9 Å². The highest BCUT2D eigenvalue weighted by molar-refractivity contribution is 5.80. The summed E-state index contributed by atoms with van der Waals surface area (Å²) in [7, 11) is 0. The average Bonchev–Trinajstić information content (AvgIpc) is 2.76. The number of nitrogens with one attached hydrogen (secondary N) is 1. The third-order valence-corrected chi connectivity index (χ3v) is 2.99. The summed E-state index contributed by atoms with van der Waals surface area (Å²) in [6, 6.07) is 9.24. The second-order valence-electron chi connectivity index (χ2n) is 4.84. The van der Waals surface area contributed by atoms with Gasteiger partial charge in [0.2, 0.25) is 0 Å². The Morgan fingerprint density at radius 1 is 1.28 bits per heavy atom. The van der Waals surface area contributed by atoms with Gasteiger partial charge in [0.1, 0.15) is 6.73 Å². The SMILES string of the molecule is CCOCn1ccc2ccc(CNC(C)C)cc21. The highest BCUT2D eigenvalue weighted by atomic mass is 16.5. The monoisotopic (exact) mass is 246 g/mol. The van der Waals surface area contributed by atoms with Crippen molar-refractivity contribution in [2.75, 3.05) is 6.61 Å². The zero-order valence-electron chi connectivity index (χ0n) is 11.4. The summed E-state index contributed by atoms with van der Waals surface area (Å²) in [5.41, 5.74) is 2.55. The van der Waals surface area contributed by atoms with Crippen molar-refractivity contribution in [1.82, 2.24) is 9.88 Å². The standard InChI is InChI=1S/C15H22N2O/c1-4-18-11-17-8-7-14-6-5-13(9-15(14)17)10-16-12(2)3/h5-9,12,16H,4,10-11H2,1-3H3. The quantitative estimate of drug-likeness (QED) is 0.847. The van der Waals surface area contributed by atoms with E-state index in [1.54, 1.807) is 0 Å². The van der Waals surface area contributed by atoms with Gasteiger partial charge in [-0.1, -0.05) is 26.0 Å².